The van der Waals surface area contributed by atoms with Crippen molar-refractivity contribution in [2.45, 2.75) is 44.6 Å². The zero-order chi connectivity index (χ0) is 25.8. The van der Waals surface area contributed by atoms with Gasteiger partial charge >= 0.3 is 0 Å². The van der Waals surface area contributed by atoms with Gasteiger partial charge in [0.15, 0.2) is 5.65 Å². The Morgan fingerprint density at radius 1 is 1.11 bits per heavy atom. The molecule has 1 aliphatic carbocycles. The maximum atomic E-state index is 14.7. The van der Waals surface area contributed by atoms with Crippen molar-refractivity contribution in [3.63, 3.8) is 0 Å². The highest BCUT2D eigenvalue weighted by molar-refractivity contribution is 6.30. The minimum absolute atomic E-state index is 0.0897. The fraction of sp³-hybridized carbons (Fsp3) is 0.423. The fourth-order valence-electron chi connectivity index (χ4n) is 4.15. The zero-order valence-electron chi connectivity index (χ0n) is 20.4. The lowest BCUT2D eigenvalue weighted by Gasteiger charge is -2.21. The Balaban J connectivity index is 0.000000295. The van der Waals surface area contributed by atoms with Gasteiger partial charge in [-0.2, -0.15) is 5.10 Å². The van der Waals surface area contributed by atoms with E-state index in [4.69, 9.17) is 21.1 Å². The molecule has 0 amide bonds. The van der Waals surface area contributed by atoms with E-state index in [1.54, 1.807) is 19.1 Å². The van der Waals surface area contributed by atoms with Crippen LogP contribution in [0.1, 0.15) is 49.2 Å². The molecule has 2 fully saturated rings. The first kappa shape index (κ1) is 25.4. The minimum Gasteiger partial charge on any atom is -0.474 e. The second-order valence-corrected chi connectivity index (χ2v) is 9.42. The number of benzene rings is 1. The van der Waals surface area contributed by atoms with Crippen LogP contribution < -0.4 is 4.74 Å². The number of halogens is 3. The molecule has 0 N–H and O–H groups in total. The Morgan fingerprint density at radius 2 is 1.92 bits per heavy atom. The third-order valence-electron chi connectivity index (χ3n) is 6.21. The molecule has 1 saturated heterocycles. The summed E-state index contributed by atoms with van der Waals surface area (Å²) >= 11 is 5.91. The van der Waals surface area contributed by atoms with E-state index in [0.717, 1.165) is 18.9 Å². The molecule has 0 bridgehead atoms. The van der Waals surface area contributed by atoms with Crippen molar-refractivity contribution in [2.24, 2.45) is 0 Å². The molecule has 4 heterocycles. The summed E-state index contributed by atoms with van der Waals surface area (Å²) in [6.45, 7) is 2.15. The molecular formula is C26H27ClF2N6O2. The smallest absolute Gasteiger partial charge is 0.236 e. The highest BCUT2D eigenvalue weighted by atomic mass is 35.5. The van der Waals surface area contributed by atoms with Crippen molar-refractivity contribution in [3.05, 3.63) is 59.0 Å². The molecule has 3 aromatic heterocycles. The van der Waals surface area contributed by atoms with Crippen molar-refractivity contribution in [3.8, 4) is 17.1 Å². The Kier molecular flexibility index (Phi) is 7.85. The van der Waals surface area contributed by atoms with Gasteiger partial charge in [0.2, 0.25) is 5.88 Å². The van der Waals surface area contributed by atoms with Crippen LogP contribution in [0.2, 0.25) is 5.02 Å². The normalized spacial score (nSPS) is 15.9. The number of aromatic nitrogens is 6. The minimum atomic E-state index is -0.656. The van der Waals surface area contributed by atoms with Gasteiger partial charge in [0.1, 0.15) is 41.8 Å². The second-order valence-electron chi connectivity index (χ2n) is 8.98. The van der Waals surface area contributed by atoms with E-state index in [0.29, 0.717) is 41.6 Å². The van der Waals surface area contributed by atoms with E-state index in [-0.39, 0.29) is 29.0 Å². The molecule has 194 valence electrons. The number of ether oxygens (including phenoxy) is 2. The van der Waals surface area contributed by atoms with E-state index in [1.165, 1.54) is 18.9 Å². The fourth-order valence-corrected chi connectivity index (χ4v) is 4.30. The number of nitrogens with zero attached hydrogens (tertiary/aromatic N) is 6. The van der Waals surface area contributed by atoms with Crippen molar-refractivity contribution in [1.29, 1.82) is 0 Å². The molecule has 1 saturated carbocycles. The first-order chi connectivity index (χ1) is 18.0. The lowest BCUT2D eigenvalue weighted by molar-refractivity contribution is 0.0836. The maximum Gasteiger partial charge on any atom is 0.236 e. The number of hydrogen-bond donors (Lipinski definition) is 0. The molecule has 0 unspecified atom stereocenters. The molecule has 37 heavy (non-hydrogen) atoms. The lowest BCUT2D eigenvalue weighted by atomic mass is 9.99. The van der Waals surface area contributed by atoms with E-state index in [1.807, 2.05) is 23.1 Å². The van der Waals surface area contributed by atoms with Gasteiger partial charge < -0.3 is 9.47 Å². The summed E-state index contributed by atoms with van der Waals surface area (Å²) in [5, 5.41) is 4.38. The van der Waals surface area contributed by atoms with Crippen LogP contribution in [-0.4, -0.2) is 56.2 Å². The van der Waals surface area contributed by atoms with E-state index >= 15 is 0 Å². The summed E-state index contributed by atoms with van der Waals surface area (Å²) in [7, 11) is 0. The van der Waals surface area contributed by atoms with Gasteiger partial charge in [0, 0.05) is 42.1 Å². The average molecular weight is 529 g/mol. The molecule has 11 heteroatoms. The Bertz CT molecular complexity index is 1360. The van der Waals surface area contributed by atoms with Gasteiger partial charge in [-0.05, 0) is 56.9 Å². The van der Waals surface area contributed by atoms with Crippen LogP contribution in [0.5, 0.6) is 5.88 Å². The van der Waals surface area contributed by atoms with Crippen LogP contribution in [0, 0.1) is 12.7 Å². The van der Waals surface area contributed by atoms with Crippen LogP contribution in [0.3, 0.4) is 0 Å². The molecule has 1 aliphatic heterocycles. The van der Waals surface area contributed by atoms with Gasteiger partial charge in [0.25, 0.3) is 0 Å². The number of alkyl halides is 1. The molecule has 1 aromatic carbocycles. The molecular weight excluding hydrogens is 502 g/mol. The number of hydrogen-bond acceptors (Lipinski definition) is 7. The van der Waals surface area contributed by atoms with Crippen molar-refractivity contribution in [2.75, 3.05) is 26.5 Å². The standard InChI is InChI=1S/C20H19ClF2N4O2.C6H8N2/c1-11-20(29-9-6-22)26-17-16(14-3-2-13(21)10-15(14)23)25-18(27-19(17)24-11)12-4-7-28-8-5-12;1-4-7-8(5-1)6-2-3-6/h2-3,10,12H,4-9H2,1H3;1,4-6H,2-3H2. The van der Waals surface area contributed by atoms with Gasteiger partial charge in [-0.3, -0.25) is 4.68 Å². The van der Waals surface area contributed by atoms with E-state index < -0.39 is 12.5 Å². The number of fused-ring (bicyclic) bond motifs is 1. The van der Waals surface area contributed by atoms with Crippen LogP contribution >= 0.6 is 11.6 Å². The largest absolute Gasteiger partial charge is 0.474 e. The highest BCUT2D eigenvalue weighted by Gasteiger charge is 2.24. The molecule has 8 nitrogen and oxygen atoms in total. The van der Waals surface area contributed by atoms with Crippen LogP contribution in [0.25, 0.3) is 22.4 Å². The maximum absolute atomic E-state index is 14.7. The summed E-state index contributed by atoms with van der Waals surface area (Å²) in [6.07, 6.45) is 8.05. The quantitative estimate of drug-likeness (QED) is 0.319. The molecule has 0 radical (unpaired) electrons. The van der Waals surface area contributed by atoms with Crippen molar-refractivity contribution in [1.82, 2.24) is 29.7 Å². The SMILES string of the molecule is Cc1nc2nc(C3CCOCC3)nc(-c3ccc(Cl)cc3F)c2nc1OCCF.c1cnn(C2CC2)c1. The molecule has 6 rings (SSSR count). The number of aryl methyl sites for hydroxylation is 1. The third-order valence-corrected chi connectivity index (χ3v) is 6.45. The predicted octanol–water partition coefficient (Wildman–Crippen LogP) is 5.65. The van der Waals surface area contributed by atoms with Crippen LogP contribution in [-0.2, 0) is 4.74 Å². The van der Waals surface area contributed by atoms with Crippen LogP contribution in [0.15, 0.2) is 36.7 Å². The van der Waals surface area contributed by atoms with Crippen molar-refractivity contribution >= 4 is 22.8 Å². The monoisotopic (exact) mass is 528 g/mol. The van der Waals surface area contributed by atoms with Crippen molar-refractivity contribution < 1.29 is 18.3 Å². The first-order valence-corrected chi connectivity index (χ1v) is 12.7. The molecule has 0 atom stereocenters. The summed E-state index contributed by atoms with van der Waals surface area (Å²) in [5.74, 6) is 0.320. The van der Waals surface area contributed by atoms with Crippen LogP contribution in [0.4, 0.5) is 8.78 Å². The second kappa shape index (κ2) is 11.4. The van der Waals surface area contributed by atoms with Gasteiger partial charge in [-0.1, -0.05) is 11.6 Å². The topological polar surface area (TPSA) is 87.8 Å². The Labute approximate surface area is 218 Å². The van der Waals surface area contributed by atoms with Gasteiger partial charge in [-0.15, -0.1) is 0 Å². The highest BCUT2D eigenvalue weighted by Crippen LogP contribution is 2.34. The summed E-state index contributed by atoms with van der Waals surface area (Å²) < 4.78 is 40.1. The Morgan fingerprint density at radius 3 is 2.59 bits per heavy atom. The zero-order valence-corrected chi connectivity index (χ0v) is 21.2. The molecule has 2 aliphatic rings. The predicted molar refractivity (Wildman–Crippen MR) is 135 cm³/mol. The van der Waals surface area contributed by atoms with E-state index in [2.05, 4.69) is 25.0 Å². The summed E-state index contributed by atoms with van der Waals surface area (Å²) in [5.41, 5.74) is 1.66. The summed E-state index contributed by atoms with van der Waals surface area (Å²) in [6, 6.07) is 7.07. The molecule has 4 aromatic rings. The van der Waals surface area contributed by atoms with Gasteiger partial charge in [0.05, 0.1) is 6.04 Å². The average Bonchev–Trinajstić information content (AvgIpc) is 3.61. The first-order valence-electron chi connectivity index (χ1n) is 12.3. The van der Waals surface area contributed by atoms with Gasteiger partial charge in [-0.25, -0.2) is 28.7 Å². The third kappa shape index (κ3) is 6.02. The number of rotatable bonds is 6. The molecule has 0 spiro atoms. The Hall–Kier alpha value is -3.24. The summed E-state index contributed by atoms with van der Waals surface area (Å²) in [4.78, 5) is 18.2. The lowest BCUT2D eigenvalue weighted by Crippen LogP contribution is -2.17. The van der Waals surface area contributed by atoms with E-state index in [9.17, 15) is 8.78 Å².